The molecule has 1 heterocycles. The molecule has 0 aliphatic heterocycles. The summed E-state index contributed by atoms with van der Waals surface area (Å²) in [7, 11) is 0. The second-order valence-electron chi connectivity index (χ2n) is 3.46. The topological polar surface area (TPSA) is 12.9 Å². The van der Waals surface area contributed by atoms with Crippen LogP contribution in [0.4, 0.5) is 0 Å². The normalized spacial score (nSPS) is 13.9. The Morgan fingerprint density at radius 2 is 2.00 bits per heavy atom. The lowest BCUT2D eigenvalue weighted by atomic mass is 10.1. The van der Waals surface area contributed by atoms with Crippen molar-refractivity contribution < 1.29 is 0 Å². The van der Waals surface area contributed by atoms with Crippen LogP contribution in [0, 0.1) is 0 Å². The Hall–Kier alpha value is -1.37. The van der Waals surface area contributed by atoms with E-state index < -0.39 is 0 Å². The smallest absolute Gasteiger partial charge is 0.0659 e. The molecule has 0 aromatic carbocycles. The number of fused-ring (bicyclic) bond motifs is 1. The number of pyridine rings is 1. The molecule has 66 valence electrons. The Balaban J connectivity index is 2.67. The van der Waals surface area contributed by atoms with E-state index in [0.717, 1.165) is 24.1 Å². The molecular formula is C12H13N. The highest BCUT2D eigenvalue weighted by molar-refractivity contribution is 5.58. The number of hydrogen-bond acceptors (Lipinski definition) is 1. The number of allylic oxidation sites excluding steroid dienone is 1. The van der Waals surface area contributed by atoms with Crippen molar-refractivity contribution in [2.24, 2.45) is 0 Å². The van der Waals surface area contributed by atoms with Crippen LogP contribution in [0.2, 0.25) is 0 Å². The van der Waals surface area contributed by atoms with Gasteiger partial charge in [-0.3, -0.25) is 4.98 Å². The Morgan fingerprint density at radius 1 is 1.31 bits per heavy atom. The van der Waals surface area contributed by atoms with Crippen LogP contribution in [0.3, 0.4) is 0 Å². The van der Waals surface area contributed by atoms with Crippen molar-refractivity contribution in [2.45, 2.75) is 19.8 Å². The van der Waals surface area contributed by atoms with Gasteiger partial charge in [0.05, 0.1) is 5.69 Å². The van der Waals surface area contributed by atoms with Gasteiger partial charge in [-0.1, -0.05) is 18.7 Å². The average molecular weight is 171 g/mol. The van der Waals surface area contributed by atoms with Crippen molar-refractivity contribution in [1.29, 1.82) is 0 Å². The van der Waals surface area contributed by atoms with Crippen molar-refractivity contribution >= 4 is 17.7 Å². The predicted octanol–water partition coefficient (Wildman–Crippen LogP) is 1.47. The standard InChI is InChI=1S/C12H13N/c1-9(2)12-7-10-5-3-4-6-11(10)8-13-12/h5-8H,1,3-4H2,2H3. The summed E-state index contributed by atoms with van der Waals surface area (Å²) in [6, 6.07) is 2.12. The first kappa shape index (κ1) is 8.24. The van der Waals surface area contributed by atoms with Gasteiger partial charge in [0.25, 0.3) is 0 Å². The largest absolute Gasteiger partial charge is 0.256 e. The van der Waals surface area contributed by atoms with Gasteiger partial charge >= 0.3 is 0 Å². The first-order valence-corrected chi connectivity index (χ1v) is 4.60. The van der Waals surface area contributed by atoms with E-state index in [0.29, 0.717) is 0 Å². The number of hydrogen-bond donors (Lipinski definition) is 0. The lowest BCUT2D eigenvalue weighted by Crippen LogP contribution is -2.27. The summed E-state index contributed by atoms with van der Waals surface area (Å²) in [6.07, 6.45) is 8.73. The summed E-state index contributed by atoms with van der Waals surface area (Å²) in [5.74, 6) is 0. The quantitative estimate of drug-likeness (QED) is 0.623. The first-order chi connectivity index (χ1) is 6.27. The zero-order chi connectivity index (χ0) is 9.26. The molecule has 1 aliphatic carbocycles. The third kappa shape index (κ3) is 1.55. The van der Waals surface area contributed by atoms with Gasteiger partial charge in [-0.05, 0) is 41.8 Å². The molecule has 0 unspecified atom stereocenters. The van der Waals surface area contributed by atoms with Gasteiger partial charge in [0.1, 0.15) is 0 Å². The molecule has 0 N–H and O–H groups in total. The van der Waals surface area contributed by atoms with Crippen LogP contribution in [-0.4, -0.2) is 4.98 Å². The van der Waals surface area contributed by atoms with Crippen molar-refractivity contribution in [3.63, 3.8) is 0 Å². The fourth-order valence-corrected chi connectivity index (χ4v) is 1.54. The highest BCUT2D eigenvalue weighted by Crippen LogP contribution is 2.03. The summed E-state index contributed by atoms with van der Waals surface area (Å²) in [5, 5.41) is 2.57. The molecule has 1 nitrogen and oxygen atoms in total. The molecule has 1 aromatic heterocycles. The van der Waals surface area contributed by atoms with Crippen LogP contribution in [0.25, 0.3) is 17.7 Å². The molecule has 1 aromatic rings. The fourth-order valence-electron chi connectivity index (χ4n) is 1.54. The van der Waals surface area contributed by atoms with Gasteiger partial charge in [-0.25, -0.2) is 0 Å². The minimum atomic E-state index is 1.00. The highest BCUT2D eigenvalue weighted by Gasteiger charge is 1.97. The molecule has 2 rings (SSSR count). The maximum absolute atomic E-state index is 4.34. The van der Waals surface area contributed by atoms with Gasteiger partial charge in [-0.15, -0.1) is 0 Å². The molecule has 0 fully saturated rings. The van der Waals surface area contributed by atoms with E-state index in [2.05, 4.69) is 29.8 Å². The summed E-state index contributed by atoms with van der Waals surface area (Å²) >= 11 is 0. The minimum Gasteiger partial charge on any atom is -0.256 e. The summed E-state index contributed by atoms with van der Waals surface area (Å²) < 4.78 is 0. The SMILES string of the molecule is C=C(C)c1cc2c(cn1)=CCCC=2. The molecular weight excluding hydrogens is 158 g/mol. The van der Waals surface area contributed by atoms with Gasteiger partial charge in [-0.2, -0.15) is 0 Å². The van der Waals surface area contributed by atoms with Gasteiger partial charge < -0.3 is 0 Å². The molecule has 0 amide bonds. The van der Waals surface area contributed by atoms with Crippen LogP contribution in [0.15, 0.2) is 18.8 Å². The number of aromatic nitrogens is 1. The molecule has 13 heavy (non-hydrogen) atoms. The van der Waals surface area contributed by atoms with Crippen molar-refractivity contribution in [3.8, 4) is 0 Å². The predicted molar refractivity (Wildman–Crippen MR) is 56.4 cm³/mol. The fraction of sp³-hybridized carbons (Fsp3) is 0.250. The van der Waals surface area contributed by atoms with Crippen LogP contribution in [-0.2, 0) is 0 Å². The average Bonchev–Trinajstić information content (AvgIpc) is 2.17. The lowest BCUT2D eigenvalue weighted by Gasteiger charge is -2.02. The minimum absolute atomic E-state index is 1.00. The maximum Gasteiger partial charge on any atom is 0.0659 e. The Kier molecular flexibility index (Phi) is 2.01. The van der Waals surface area contributed by atoms with Gasteiger partial charge in [0, 0.05) is 6.20 Å². The third-order valence-electron chi connectivity index (χ3n) is 2.30. The van der Waals surface area contributed by atoms with Crippen LogP contribution in [0.5, 0.6) is 0 Å². The third-order valence-corrected chi connectivity index (χ3v) is 2.30. The summed E-state index contributed by atoms with van der Waals surface area (Å²) in [4.78, 5) is 4.34. The molecule has 0 saturated heterocycles. The lowest BCUT2D eigenvalue weighted by molar-refractivity contribution is 1.10. The molecule has 1 aliphatic rings. The monoisotopic (exact) mass is 171 g/mol. The highest BCUT2D eigenvalue weighted by atomic mass is 14.7. The van der Waals surface area contributed by atoms with Crippen molar-refractivity contribution in [1.82, 2.24) is 4.98 Å². The van der Waals surface area contributed by atoms with Gasteiger partial charge in [0.15, 0.2) is 0 Å². The molecule has 0 spiro atoms. The molecule has 0 radical (unpaired) electrons. The zero-order valence-corrected chi connectivity index (χ0v) is 7.88. The van der Waals surface area contributed by atoms with E-state index in [4.69, 9.17) is 0 Å². The van der Waals surface area contributed by atoms with Crippen LogP contribution >= 0.6 is 0 Å². The van der Waals surface area contributed by atoms with Crippen LogP contribution in [0.1, 0.15) is 25.5 Å². The van der Waals surface area contributed by atoms with E-state index in [1.165, 1.54) is 10.4 Å². The maximum atomic E-state index is 4.34. The van der Waals surface area contributed by atoms with E-state index >= 15 is 0 Å². The van der Waals surface area contributed by atoms with E-state index in [1.54, 1.807) is 0 Å². The Bertz CT molecular complexity index is 455. The van der Waals surface area contributed by atoms with E-state index in [1.807, 2.05) is 13.1 Å². The number of rotatable bonds is 1. The van der Waals surface area contributed by atoms with Crippen LogP contribution < -0.4 is 10.4 Å². The second-order valence-corrected chi connectivity index (χ2v) is 3.46. The second kappa shape index (κ2) is 3.17. The van der Waals surface area contributed by atoms with Crippen molar-refractivity contribution in [2.75, 3.05) is 0 Å². The molecule has 0 atom stereocenters. The number of nitrogens with zero attached hydrogens (tertiary/aromatic N) is 1. The summed E-state index contributed by atoms with van der Waals surface area (Å²) in [6.45, 7) is 5.88. The Morgan fingerprint density at radius 3 is 2.69 bits per heavy atom. The summed E-state index contributed by atoms with van der Waals surface area (Å²) in [5.41, 5.74) is 2.03. The van der Waals surface area contributed by atoms with Crippen molar-refractivity contribution in [3.05, 3.63) is 35.0 Å². The zero-order valence-electron chi connectivity index (χ0n) is 7.88. The van der Waals surface area contributed by atoms with E-state index in [9.17, 15) is 0 Å². The first-order valence-electron chi connectivity index (χ1n) is 4.60. The van der Waals surface area contributed by atoms with Gasteiger partial charge in [0.2, 0.25) is 0 Å². The van der Waals surface area contributed by atoms with E-state index in [-0.39, 0.29) is 0 Å². The Labute approximate surface area is 78.1 Å². The molecule has 0 saturated carbocycles. The molecule has 0 bridgehead atoms. The molecule has 1 heteroatoms.